The Kier molecular flexibility index (Phi) is 5.88. The van der Waals surface area contributed by atoms with Gasteiger partial charge in [0.25, 0.3) is 11.5 Å². The van der Waals surface area contributed by atoms with Crippen molar-refractivity contribution in [2.75, 3.05) is 0 Å². The highest BCUT2D eigenvalue weighted by Crippen LogP contribution is 2.18. The third kappa shape index (κ3) is 4.35. The maximum absolute atomic E-state index is 12.6. The van der Waals surface area contributed by atoms with E-state index in [1.54, 1.807) is 31.2 Å². The molecule has 0 spiro atoms. The van der Waals surface area contributed by atoms with Crippen molar-refractivity contribution in [3.05, 3.63) is 40.3 Å². The summed E-state index contributed by atoms with van der Waals surface area (Å²) in [5, 5.41) is 7.83. The fourth-order valence-corrected chi connectivity index (χ4v) is 3.46. The molecular formula is C20H25N3O4. The number of benzene rings is 1. The summed E-state index contributed by atoms with van der Waals surface area (Å²) in [6.07, 6.45) is 5.59. The van der Waals surface area contributed by atoms with Crippen molar-refractivity contribution in [1.82, 2.24) is 15.1 Å². The molecule has 0 aliphatic heterocycles. The predicted octanol–water partition coefficient (Wildman–Crippen LogP) is 2.32. The first kappa shape index (κ1) is 19.1. The van der Waals surface area contributed by atoms with Crippen LogP contribution in [0.3, 0.4) is 0 Å². The fraction of sp³-hybridized carbons (Fsp3) is 0.500. The lowest BCUT2D eigenvalue weighted by atomic mass is 10.1. The lowest BCUT2D eigenvalue weighted by Crippen LogP contribution is -2.42. The molecule has 1 aliphatic carbocycles. The number of hydrogen-bond donors (Lipinski definition) is 1. The van der Waals surface area contributed by atoms with E-state index in [1.807, 2.05) is 0 Å². The zero-order valence-electron chi connectivity index (χ0n) is 15.7. The van der Waals surface area contributed by atoms with Gasteiger partial charge in [0.2, 0.25) is 0 Å². The molecule has 7 nitrogen and oxygen atoms in total. The number of ether oxygens (including phenoxy) is 1. The Morgan fingerprint density at radius 1 is 1.15 bits per heavy atom. The van der Waals surface area contributed by atoms with Crippen molar-refractivity contribution in [1.29, 1.82) is 0 Å². The smallest absolute Gasteiger partial charge is 0.360 e. The molecule has 0 unspecified atom stereocenters. The van der Waals surface area contributed by atoms with Gasteiger partial charge in [0, 0.05) is 18.5 Å². The summed E-state index contributed by atoms with van der Waals surface area (Å²) < 4.78 is 6.45. The van der Waals surface area contributed by atoms with Crippen LogP contribution in [0.1, 0.15) is 55.9 Å². The second kappa shape index (κ2) is 8.33. The number of aryl methyl sites for hydroxylation is 1. The maximum Gasteiger partial charge on any atom is 0.360 e. The number of nitrogens with zero attached hydrogens (tertiary/aromatic N) is 2. The van der Waals surface area contributed by atoms with E-state index in [0.717, 1.165) is 30.4 Å². The molecule has 27 heavy (non-hydrogen) atoms. The topological polar surface area (TPSA) is 90.3 Å². The van der Waals surface area contributed by atoms with Crippen molar-refractivity contribution in [3.8, 4) is 0 Å². The van der Waals surface area contributed by atoms with Gasteiger partial charge in [0.05, 0.1) is 5.39 Å². The average Bonchev–Trinajstić information content (AvgIpc) is 2.93. The van der Waals surface area contributed by atoms with Gasteiger partial charge in [-0.3, -0.25) is 9.59 Å². The Bertz CT molecular complexity index is 898. The molecular weight excluding hydrogens is 346 g/mol. The molecule has 1 atom stereocenters. The van der Waals surface area contributed by atoms with E-state index in [-0.39, 0.29) is 23.2 Å². The number of esters is 1. The molecule has 1 amide bonds. The van der Waals surface area contributed by atoms with Crippen molar-refractivity contribution >= 4 is 22.6 Å². The molecule has 1 fully saturated rings. The second-order valence-corrected chi connectivity index (χ2v) is 7.07. The lowest BCUT2D eigenvalue weighted by molar-refractivity contribution is -0.129. The zero-order chi connectivity index (χ0) is 19.4. The standard InChI is InChI=1S/C20H25N3O4/c1-13(18(24)21-14-9-5-3-4-6-10-14)27-20(26)17-15-11-7-8-12-16(15)19(25)23(2)22-17/h7-8,11-14H,3-6,9-10H2,1-2H3,(H,21,24)/t13-/m0/s1. The Morgan fingerprint density at radius 2 is 1.78 bits per heavy atom. The van der Waals surface area contributed by atoms with Crippen molar-refractivity contribution in [2.45, 2.75) is 57.6 Å². The highest BCUT2D eigenvalue weighted by atomic mass is 16.5. The summed E-state index contributed by atoms with van der Waals surface area (Å²) in [4.78, 5) is 37.2. The molecule has 7 heteroatoms. The van der Waals surface area contributed by atoms with E-state index in [4.69, 9.17) is 4.74 Å². The first-order valence-corrected chi connectivity index (χ1v) is 9.45. The van der Waals surface area contributed by atoms with Gasteiger partial charge in [-0.1, -0.05) is 43.9 Å². The zero-order valence-corrected chi connectivity index (χ0v) is 15.7. The maximum atomic E-state index is 12.6. The van der Waals surface area contributed by atoms with Gasteiger partial charge in [0.15, 0.2) is 11.8 Å². The minimum absolute atomic E-state index is 0.0295. The van der Waals surface area contributed by atoms with E-state index in [0.29, 0.717) is 10.8 Å². The molecule has 1 aromatic carbocycles. The van der Waals surface area contributed by atoms with Crippen molar-refractivity contribution in [2.24, 2.45) is 7.05 Å². The van der Waals surface area contributed by atoms with Crippen LogP contribution in [0.2, 0.25) is 0 Å². The quantitative estimate of drug-likeness (QED) is 0.658. The van der Waals surface area contributed by atoms with Crippen LogP contribution >= 0.6 is 0 Å². The summed E-state index contributed by atoms with van der Waals surface area (Å²) in [5.74, 6) is -1.02. The normalized spacial score (nSPS) is 16.5. The number of fused-ring (bicyclic) bond motifs is 1. The van der Waals surface area contributed by atoms with E-state index in [1.165, 1.54) is 19.9 Å². The summed E-state index contributed by atoms with van der Waals surface area (Å²) in [6, 6.07) is 6.87. The highest BCUT2D eigenvalue weighted by molar-refractivity contribution is 6.02. The van der Waals surface area contributed by atoms with E-state index >= 15 is 0 Å². The van der Waals surface area contributed by atoms with Crippen LogP contribution in [0, 0.1) is 0 Å². The Balaban J connectivity index is 1.73. The number of amides is 1. The Morgan fingerprint density at radius 3 is 2.44 bits per heavy atom. The van der Waals surface area contributed by atoms with E-state index < -0.39 is 12.1 Å². The highest BCUT2D eigenvalue weighted by Gasteiger charge is 2.24. The van der Waals surface area contributed by atoms with Crippen molar-refractivity contribution in [3.63, 3.8) is 0 Å². The van der Waals surface area contributed by atoms with Gasteiger partial charge >= 0.3 is 5.97 Å². The molecule has 0 bridgehead atoms. The Labute approximate surface area is 157 Å². The van der Waals surface area contributed by atoms with Crippen LogP contribution in [0.5, 0.6) is 0 Å². The Hall–Kier alpha value is -2.70. The van der Waals surface area contributed by atoms with Crippen LogP contribution in [-0.4, -0.2) is 33.8 Å². The van der Waals surface area contributed by atoms with Crippen LogP contribution in [0.4, 0.5) is 0 Å². The molecule has 1 aliphatic rings. The van der Waals surface area contributed by atoms with Gasteiger partial charge in [-0.2, -0.15) is 5.10 Å². The molecule has 1 heterocycles. The summed E-state index contributed by atoms with van der Waals surface area (Å²) in [5.41, 5.74) is -0.261. The molecule has 0 saturated heterocycles. The first-order chi connectivity index (χ1) is 13.0. The third-order valence-corrected chi connectivity index (χ3v) is 5.00. The van der Waals surface area contributed by atoms with Crippen LogP contribution in [-0.2, 0) is 16.6 Å². The largest absolute Gasteiger partial charge is 0.448 e. The minimum Gasteiger partial charge on any atom is -0.448 e. The molecule has 2 aromatic rings. The molecule has 0 radical (unpaired) electrons. The number of aromatic nitrogens is 2. The van der Waals surface area contributed by atoms with Gasteiger partial charge in [-0.05, 0) is 25.8 Å². The van der Waals surface area contributed by atoms with Crippen LogP contribution in [0.15, 0.2) is 29.1 Å². The minimum atomic E-state index is -0.932. The first-order valence-electron chi connectivity index (χ1n) is 9.45. The number of carbonyl (C=O) groups is 2. The average molecular weight is 371 g/mol. The van der Waals surface area contributed by atoms with Gasteiger partial charge in [0.1, 0.15) is 0 Å². The van der Waals surface area contributed by atoms with Gasteiger partial charge < -0.3 is 10.1 Å². The predicted molar refractivity (Wildman–Crippen MR) is 101 cm³/mol. The second-order valence-electron chi connectivity index (χ2n) is 7.07. The monoisotopic (exact) mass is 371 g/mol. The number of hydrogen-bond acceptors (Lipinski definition) is 5. The summed E-state index contributed by atoms with van der Waals surface area (Å²) in [7, 11) is 1.48. The summed E-state index contributed by atoms with van der Waals surface area (Å²) >= 11 is 0. The number of rotatable bonds is 4. The summed E-state index contributed by atoms with van der Waals surface area (Å²) in [6.45, 7) is 1.55. The van der Waals surface area contributed by atoms with Gasteiger partial charge in [-0.25, -0.2) is 9.48 Å². The van der Waals surface area contributed by atoms with Crippen LogP contribution < -0.4 is 10.9 Å². The SMILES string of the molecule is C[C@H](OC(=O)c1nn(C)c(=O)c2ccccc12)C(=O)NC1CCCCCC1. The van der Waals surface area contributed by atoms with Gasteiger partial charge in [-0.15, -0.1) is 0 Å². The number of nitrogens with one attached hydrogen (secondary N) is 1. The molecule has 1 aromatic heterocycles. The van der Waals surface area contributed by atoms with E-state index in [2.05, 4.69) is 10.4 Å². The molecule has 144 valence electrons. The fourth-order valence-electron chi connectivity index (χ4n) is 3.46. The number of carbonyl (C=O) groups excluding carboxylic acids is 2. The lowest BCUT2D eigenvalue weighted by Gasteiger charge is -2.19. The molecule has 3 rings (SSSR count). The molecule has 1 N–H and O–H groups in total. The van der Waals surface area contributed by atoms with Crippen molar-refractivity contribution < 1.29 is 14.3 Å². The molecule has 1 saturated carbocycles. The third-order valence-electron chi connectivity index (χ3n) is 5.00. The van der Waals surface area contributed by atoms with Crippen LogP contribution in [0.25, 0.3) is 10.8 Å². The van der Waals surface area contributed by atoms with E-state index in [9.17, 15) is 14.4 Å².